The molecule has 1 amide bonds. The van der Waals surface area contributed by atoms with Gasteiger partial charge in [-0.2, -0.15) is 0 Å². The molecule has 1 aliphatic carbocycles. The number of fused-ring (bicyclic) bond motifs is 4. The van der Waals surface area contributed by atoms with E-state index in [1.807, 2.05) is 12.1 Å². The zero-order valence-corrected chi connectivity index (χ0v) is 18.2. The molecule has 2 fully saturated rings. The van der Waals surface area contributed by atoms with Crippen molar-refractivity contribution in [3.8, 4) is 5.75 Å². The van der Waals surface area contributed by atoms with Crippen molar-refractivity contribution in [2.45, 2.75) is 63.8 Å². The number of rotatable bonds is 5. The maximum absolute atomic E-state index is 12.4. The number of piperidine rings is 2. The molecule has 2 saturated heterocycles. The molecule has 1 aromatic carbocycles. The third-order valence-electron chi connectivity index (χ3n) is 7.36. The van der Waals surface area contributed by atoms with Crippen molar-refractivity contribution in [3.05, 3.63) is 39.7 Å². The highest BCUT2D eigenvalue weighted by Crippen LogP contribution is 2.31. The number of carbonyl (C=O) groups excluding carboxylic acids is 1. The number of aryl methyl sites for hydroxylation is 1. The molecule has 0 bridgehead atoms. The number of nitrogens with zero attached hydrogens (tertiary/aromatic N) is 1. The predicted octanol–water partition coefficient (Wildman–Crippen LogP) is 3.43. The van der Waals surface area contributed by atoms with Crippen LogP contribution in [0, 0.1) is 5.92 Å². The standard InChI is InChI=1S/C25H32N2O4/c28-24(26-15-17-6-5-13-27-12-4-3-9-22(17)27)16-30-18-10-11-20-19-7-1-2-8-21(19)25(29)31-23(20)14-18/h10-11,14,17,22H,1-9,12-13,15-16H2,(H,26,28)/t17-,22+/m1/s1. The average molecular weight is 425 g/mol. The molecule has 2 aliphatic heterocycles. The summed E-state index contributed by atoms with van der Waals surface area (Å²) >= 11 is 0. The van der Waals surface area contributed by atoms with Gasteiger partial charge < -0.3 is 19.4 Å². The van der Waals surface area contributed by atoms with E-state index in [1.54, 1.807) is 6.07 Å². The van der Waals surface area contributed by atoms with Crippen LogP contribution in [0.5, 0.6) is 5.75 Å². The lowest BCUT2D eigenvalue weighted by Crippen LogP contribution is -2.51. The van der Waals surface area contributed by atoms with Gasteiger partial charge in [-0.3, -0.25) is 4.79 Å². The molecule has 0 spiro atoms. The van der Waals surface area contributed by atoms with Crippen molar-refractivity contribution < 1.29 is 13.9 Å². The number of ether oxygens (including phenoxy) is 1. The van der Waals surface area contributed by atoms with Crippen molar-refractivity contribution >= 4 is 16.9 Å². The molecule has 0 saturated carbocycles. The van der Waals surface area contributed by atoms with Crippen molar-refractivity contribution in [2.75, 3.05) is 26.2 Å². The maximum Gasteiger partial charge on any atom is 0.339 e. The van der Waals surface area contributed by atoms with Gasteiger partial charge in [0.1, 0.15) is 11.3 Å². The minimum atomic E-state index is -0.235. The van der Waals surface area contributed by atoms with E-state index in [4.69, 9.17) is 9.15 Å². The van der Waals surface area contributed by atoms with Gasteiger partial charge in [0.05, 0.1) is 0 Å². The van der Waals surface area contributed by atoms with Crippen molar-refractivity contribution in [3.63, 3.8) is 0 Å². The van der Waals surface area contributed by atoms with E-state index in [0.717, 1.165) is 48.7 Å². The van der Waals surface area contributed by atoms with Crippen LogP contribution in [-0.2, 0) is 17.6 Å². The van der Waals surface area contributed by atoms with Crippen LogP contribution in [-0.4, -0.2) is 43.1 Å². The van der Waals surface area contributed by atoms with Gasteiger partial charge in [0.25, 0.3) is 5.91 Å². The molecule has 3 heterocycles. The Hall–Kier alpha value is -2.34. The van der Waals surface area contributed by atoms with Crippen molar-refractivity contribution in [1.29, 1.82) is 0 Å². The topological polar surface area (TPSA) is 71.8 Å². The van der Waals surface area contributed by atoms with Crippen LogP contribution in [0.4, 0.5) is 0 Å². The molecule has 1 aromatic heterocycles. The Morgan fingerprint density at radius 3 is 2.81 bits per heavy atom. The highest BCUT2D eigenvalue weighted by Gasteiger charge is 2.32. The predicted molar refractivity (Wildman–Crippen MR) is 120 cm³/mol. The first-order valence-corrected chi connectivity index (χ1v) is 11.9. The summed E-state index contributed by atoms with van der Waals surface area (Å²) < 4.78 is 11.3. The molecule has 2 aromatic rings. The second kappa shape index (κ2) is 9.03. The van der Waals surface area contributed by atoms with E-state index in [1.165, 1.54) is 45.2 Å². The van der Waals surface area contributed by atoms with Crippen LogP contribution in [0.25, 0.3) is 11.0 Å². The van der Waals surface area contributed by atoms with Crippen molar-refractivity contribution in [2.24, 2.45) is 5.92 Å². The Morgan fingerprint density at radius 2 is 1.90 bits per heavy atom. The second-order valence-electron chi connectivity index (χ2n) is 9.31. The summed E-state index contributed by atoms with van der Waals surface area (Å²) in [7, 11) is 0. The zero-order chi connectivity index (χ0) is 21.2. The van der Waals surface area contributed by atoms with E-state index in [-0.39, 0.29) is 18.1 Å². The molecule has 2 atom stereocenters. The van der Waals surface area contributed by atoms with Crippen LogP contribution < -0.4 is 15.7 Å². The monoisotopic (exact) mass is 424 g/mol. The van der Waals surface area contributed by atoms with Crippen LogP contribution in [0.3, 0.4) is 0 Å². The van der Waals surface area contributed by atoms with Gasteiger partial charge in [-0.1, -0.05) is 6.42 Å². The minimum Gasteiger partial charge on any atom is -0.484 e. The Balaban J connectivity index is 1.19. The van der Waals surface area contributed by atoms with Gasteiger partial charge in [-0.15, -0.1) is 0 Å². The summed E-state index contributed by atoms with van der Waals surface area (Å²) in [6.07, 6.45) is 10.1. The Labute approximate surface area is 182 Å². The van der Waals surface area contributed by atoms with Gasteiger partial charge in [0.2, 0.25) is 0 Å². The molecular formula is C25H32N2O4. The zero-order valence-electron chi connectivity index (χ0n) is 18.2. The first kappa shape index (κ1) is 20.6. The lowest BCUT2D eigenvalue weighted by molar-refractivity contribution is -0.123. The number of hydrogen-bond donors (Lipinski definition) is 1. The summed E-state index contributed by atoms with van der Waals surface area (Å²) in [5.74, 6) is 0.997. The quantitative estimate of drug-likeness (QED) is 0.745. The molecule has 6 heteroatoms. The number of nitrogens with one attached hydrogen (secondary N) is 1. The fourth-order valence-corrected chi connectivity index (χ4v) is 5.78. The number of benzene rings is 1. The summed E-state index contributed by atoms with van der Waals surface area (Å²) in [6.45, 7) is 3.11. The molecule has 6 nitrogen and oxygen atoms in total. The van der Waals surface area contributed by atoms with Crippen LogP contribution >= 0.6 is 0 Å². The molecule has 31 heavy (non-hydrogen) atoms. The molecule has 5 rings (SSSR count). The smallest absolute Gasteiger partial charge is 0.339 e. The molecule has 166 valence electrons. The number of amides is 1. The first-order chi connectivity index (χ1) is 15.2. The third-order valence-corrected chi connectivity index (χ3v) is 7.36. The number of carbonyl (C=O) groups is 1. The van der Waals surface area contributed by atoms with E-state index < -0.39 is 0 Å². The summed E-state index contributed by atoms with van der Waals surface area (Å²) in [5.41, 5.74) is 2.25. The summed E-state index contributed by atoms with van der Waals surface area (Å²) in [5, 5.41) is 4.07. The van der Waals surface area contributed by atoms with Crippen molar-refractivity contribution in [1.82, 2.24) is 10.2 Å². The van der Waals surface area contributed by atoms with Gasteiger partial charge in [0.15, 0.2) is 6.61 Å². The highest BCUT2D eigenvalue weighted by molar-refractivity contribution is 5.83. The van der Waals surface area contributed by atoms with Gasteiger partial charge in [-0.05, 0) is 88.1 Å². The van der Waals surface area contributed by atoms with Crippen LogP contribution in [0.2, 0.25) is 0 Å². The SMILES string of the molecule is O=C(COc1ccc2c3c(c(=O)oc2c1)CCCC3)NC[C@H]1CCCN2CCCC[C@@H]12. The Kier molecular flexibility index (Phi) is 5.99. The average Bonchev–Trinajstić information content (AvgIpc) is 2.81. The van der Waals surface area contributed by atoms with E-state index in [2.05, 4.69) is 10.2 Å². The van der Waals surface area contributed by atoms with Gasteiger partial charge >= 0.3 is 5.63 Å². The van der Waals surface area contributed by atoms with Crippen LogP contribution in [0.1, 0.15) is 56.1 Å². The fourth-order valence-electron chi connectivity index (χ4n) is 5.78. The minimum absolute atomic E-state index is 0.0260. The lowest BCUT2D eigenvalue weighted by atomic mass is 9.83. The van der Waals surface area contributed by atoms with E-state index in [9.17, 15) is 9.59 Å². The fraction of sp³-hybridized carbons (Fsp3) is 0.600. The number of hydrogen-bond acceptors (Lipinski definition) is 5. The van der Waals surface area contributed by atoms with E-state index in [0.29, 0.717) is 23.3 Å². The summed E-state index contributed by atoms with van der Waals surface area (Å²) in [6, 6.07) is 6.18. The normalized spacial score (nSPS) is 23.7. The summed E-state index contributed by atoms with van der Waals surface area (Å²) in [4.78, 5) is 27.3. The first-order valence-electron chi connectivity index (χ1n) is 11.9. The van der Waals surface area contributed by atoms with Gasteiger partial charge in [-0.25, -0.2) is 4.79 Å². The molecule has 0 unspecified atom stereocenters. The molecule has 3 aliphatic rings. The van der Waals surface area contributed by atoms with Gasteiger partial charge in [0, 0.05) is 29.6 Å². The maximum atomic E-state index is 12.4. The second-order valence-corrected chi connectivity index (χ2v) is 9.31. The van der Waals surface area contributed by atoms with E-state index >= 15 is 0 Å². The Morgan fingerprint density at radius 1 is 1.06 bits per heavy atom. The molecular weight excluding hydrogens is 392 g/mol. The molecule has 1 N–H and O–H groups in total. The highest BCUT2D eigenvalue weighted by atomic mass is 16.5. The lowest BCUT2D eigenvalue weighted by Gasteiger charge is -2.44. The largest absolute Gasteiger partial charge is 0.484 e. The third kappa shape index (κ3) is 4.36. The van der Waals surface area contributed by atoms with Crippen LogP contribution in [0.15, 0.2) is 27.4 Å². The molecule has 0 radical (unpaired) electrons. The Bertz CT molecular complexity index is 1010.